The minimum Gasteiger partial charge on any atom is -0.371 e. The zero-order chi connectivity index (χ0) is 6.91. The molecular weight excluding hydrogens is 234 g/mol. The third-order valence-corrected chi connectivity index (χ3v) is 3.25. The van der Waals surface area contributed by atoms with Gasteiger partial charge in [-0.15, -0.1) is 0 Å². The lowest BCUT2D eigenvalue weighted by molar-refractivity contribution is 0.00712. The maximum atomic E-state index is 12.8. The highest BCUT2D eigenvalue weighted by Gasteiger charge is 2.39. The summed E-state index contributed by atoms with van der Waals surface area (Å²) >= 11 is 2.16. The van der Waals surface area contributed by atoms with Crippen molar-refractivity contribution in [1.82, 2.24) is 0 Å². The van der Waals surface area contributed by atoms with Crippen molar-refractivity contribution in [3.05, 3.63) is 0 Å². The molecule has 0 N–H and O–H groups in total. The fourth-order valence-electron chi connectivity index (χ4n) is 0.914. The van der Waals surface area contributed by atoms with Crippen LogP contribution in [0, 0.1) is 0 Å². The SMILES string of the molecule is C[C@]1(CI)OCC[C@H]1F. The summed E-state index contributed by atoms with van der Waals surface area (Å²) in [6, 6.07) is 0. The number of ether oxygens (including phenoxy) is 1. The van der Waals surface area contributed by atoms with Gasteiger partial charge < -0.3 is 4.74 Å². The van der Waals surface area contributed by atoms with Crippen molar-refractivity contribution < 1.29 is 9.13 Å². The van der Waals surface area contributed by atoms with E-state index in [9.17, 15) is 4.39 Å². The molecule has 1 aliphatic rings. The van der Waals surface area contributed by atoms with Gasteiger partial charge in [0.1, 0.15) is 11.8 Å². The molecule has 3 heteroatoms. The minimum atomic E-state index is -0.755. The van der Waals surface area contributed by atoms with Gasteiger partial charge in [-0.2, -0.15) is 0 Å². The van der Waals surface area contributed by atoms with Gasteiger partial charge >= 0.3 is 0 Å². The first-order valence-corrected chi connectivity index (χ1v) is 4.55. The standard InChI is InChI=1S/C6H10FIO/c1-6(4-8)5(7)2-3-9-6/h5H,2-4H2,1H3/t5-,6-/m1/s1. The Hall–Kier alpha value is 0.620. The van der Waals surface area contributed by atoms with Gasteiger partial charge in [-0.05, 0) is 6.92 Å². The molecule has 2 atom stereocenters. The van der Waals surface area contributed by atoms with E-state index in [-0.39, 0.29) is 0 Å². The highest BCUT2D eigenvalue weighted by atomic mass is 127. The third kappa shape index (κ3) is 1.37. The van der Waals surface area contributed by atoms with Crippen molar-refractivity contribution in [2.24, 2.45) is 0 Å². The molecule has 1 saturated heterocycles. The Kier molecular flexibility index (Phi) is 2.32. The number of rotatable bonds is 1. The van der Waals surface area contributed by atoms with Crippen LogP contribution in [0.25, 0.3) is 0 Å². The Balaban J connectivity index is 2.56. The molecule has 0 aromatic carbocycles. The van der Waals surface area contributed by atoms with E-state index < -0.39 is 11.8 Å². The summed E-state index contributed by atoms with van der Waals surface area (Å²) in [5.41, 5.74) is -0.486. The maximum Gasteiger partial charge on any atom is 0.132 e. The zero-order valence-electron chi connectivity index (χ0n) is 5.36. The van der Waals surface area contributed by atoms with Gasteiger partial charge in [-0.3, -0.25) is 0 Å². The van der Waals surface area contributed by atoms with E-state index in [1.807, 2.05) is 6.92 Å². The molecule has 0 saturated carbocycles. The third-order valence-electron chi connectivity index (χ3n) is 1.73. The molecule has 1 heterocycles. The van der Waals surface area contributed by atoms with Crippen LogP contribution in [0.2, 0.25) is 0 Å². The van der Waals surface area contributed by atoms with E-state index in [1.54, 1.807) is 0 Å². The molecule has 0 aliphatic carbocycles. The Labute approximate surface area is 68.1 Å². The number of alkyl halides is 2. The first-order valence-electron chi connectivity index (χ1n) is 3.03. The first-order chi connectivity index (χ1) is 4.19. The lowest BCUT2D eigenvalue weighted by Crippen LogP contribution is -2.34. The maximum absolute atomic E-state index is 12.8. The Morgan fingerprint density at radius 3 is 2.78 bits per heavy atom. The van der Waals surface area contributed by atoms with E-state index >= 15 is 0 Å². The summed E-state index contributed by atoms with van der Waals surface area (Å²) in [6.07, 6.45) is -0.186. The average molecular weight is 244 g/mol. The molecular formula is C6H10FIO. The molecule has 1 fully saturated rings. The fraction of sp³-hybridized carbons (Fsp3) is 1.00. The molecule has 1 nitrogen and oxygen atoms in total. The second kappa shape index (κ2) is 2.70. The molecule has 0 aromatic rings. The molecule has 0 spiro atoms. The van der Waals surface area contributed by atoms with Crippen molar-refractivity contribution in [2.75, 3.05) is 11.0 Å². The quantitative estimate of drug-likeness (QED) is 0.506. The smallest absolute Gasteiger partial charge is 0.132 e. The van der Waals surface area contributed by atoms with Crippen LogP contribution in [-0.4, -0.2) is 22.8 Å². The van der Waals surface area contributed by atoms with Crippen molar-refractivity contribution in [1.29, 1.82) is 0 Å². The van der Waals surface area contributed by atoms with Gasteiger partial charge in [-0.25, -0.2) is 4.39 Å². The highest BCUT2D eigenvalue weighted by Crippen LogP contribution is 2.29. The largest absolute Gasteiger partial charge is 0.371 e. The summed E-state index contributed by atoms with van der Waals surface area (Å²) in [5, 5.41) is 0. The van der Waals surface area contributed by atoms with Crippen molar-refractivity contribution >= 4 is 22.6 Å². The average Bonchev–Trinajstić information content (AvgIpc) is 2.15. The summed E-state index contributed by atoms with van der Waals surface area (Å²) < 4.78 is 18.8. The summed E-state index contributed by atoms with van der Waals surface area (Å²) in [7, 11) is 0. The van der Waals surface area contributed by atoms with Crippen LogP contribution < -0.4 is 0 Å². The van der Waals surface area contributed by atoms with E-state index in [0.29, 0.717) is 13.0 Å². The van der Waals surface area contributed by atoms with Crippen LogP contribution >= 0.6 is 22.6 Å². The Bertz CT molecular complexity index is 109. The molecule has 9 heavy (non-hydrogen) atoms. The summed E-state index contributed by atoms with van der Waals surface area (Å²) in [6.45, 7) is 2.41. The van der Waals surface area contributed by atoms with Crippen LogP contribution in [-0.2, 0) is 4.74 Å². The van der Waals surface area contributed by atoms with Crippen molar-refractivity contribution in [2.45, 2.75) is 25.1 Å². The monoisotopic (exact) mass is 244 g/mol. The lowest BCUT2D eigenvalue weighted by atomic mass is 10.0. The molecule has 54 valence electrons. The van der Waals surface area contributed by atoms with Gasteiger partial charge in [0.05, 0.1) is 6.61 Å². The summed E-state index contributed by atoms with van der Waals surface area (Å²) in [4.78, 5) is 0. The molecule has 1 rings (SSSR count). The van der Waals surface area contributed by atoms with E-state index in [1.165, 1.54) is 0 Å². The molecule has 0 unspecified atom stereocenters. The van der Waals surface area contributed by atoms with Gasteiger partial charge in [0, 0.05) is 10.8 Å². The predicted molar refractivity (Wildman–Crippen MR) is 42.8 cm³/mol. The van der Waals surface area contributed by atoms with E-state index in [2.05, 4.69) is 22.6 Å². The van der Waals surface area contributed by atoms with Crippen molar-refractivity contribution in [3.8, 4) is 0 Å². The minimum absolute atomic E-state index is 0.486. The fourth-order valence-corrected chi connectivity index (χ4v) is 1.61. The molecule has 0 amide bonds. The second-order valence-electron chi connectivity index (χ2n) is 2.55. The molecule has 0 radical (unpaired) electrons. The lowest BCUT2D eigenvalue weighted by Gasteiger charge is -2.22. The topological polar surface area (TPSA) is 9.23 Å². The van der Waals surface area contributed by atoms with Gasteiger partial charge in [0.2, 0.25) is 0 Å². The molecule has 0 bridgehead atoms. The van der Waals surface area contributed by atoms with Gasteiger partial charge in [0.15, 0.2) is 0 Å². The van der Waals surface area contributed by atoms with Crippen molar-refractivity contribution in [3.63, 3.8) is 0 Å². The molecule has 1 aliphatic heterocycles. The van der Waals surface area contributed by atoms with Crippen LogP contribution in [0.4, 0.5) is 4.39 Å². The highest BCUT2D eigenvalue weighted by molar-refractivity contribution is 14.1. The van der Waals surface area contributed by atoms with Gasteiger partial charge in [0.25, 0.3) is 0 Å². The second-order valence-corrected chi connectivity index (χ2v) is 3.31. The number of halogens is 2. The Morgan fingerprint density at radius 2 is 2.56 bits per heavy atom. The number of hydrogen-bond acceptors (Lipinski definition) is 1. The Morgan fingerprint density at radius 1 is 1.89 bits per heavy atom. The first kappa shape index (κ1) is 7.72. The van der Waals surface area contributed by atoms with Gasteiger partial charge in [-0.1, -0.05) is 22.6 Å². The van der Waals surface area contributed by atoms with Crippen LogP contribution in [0.3, 0.4) is 0 Å². The number of hydrogen-bond donors (Lipinski definition) is 0. The van der Waals surface area contributed by atoms with Crippen LogP contribution in [0.15, 0.2) is 0 Å². The van der Waals surface area contributed by atoms with E-state index in [0.717, 1.165) is 4.43 Å². The van der Waals surface area contributed by atoms with Crippen LogP contribution in [0.5, 0.6) is 0 Å². The summed E-state index contributed by atoms with van der Waals surface area (Å²) in [5.74, 6) is 0. The van der Waals surface area contributed by atoms with E-state index in [4.69, 9.17) is 4.74 Å². The predicted octanol–water partition coefficient (Wildman–Crippen LogP) is 1.94. The zero-order valence-corrected chi connectivity index (χ0v) is 7.52. The molecule has 0 aromatic heterocycles. The normalized spacial score (nSPS) is 43.7. The van der Waals surface area contributed by atoms with Crippen LogP contribution in [0.1, 0.15) is 13.3 Å².